The normalized spacial score (nSPS) is 11.4. The van der Waals surface area contributed by atoms with Crippen molar-refractivity contribution >= 4 is 28.1 Å². The van der Waals surface area contributed by atoms with E-state index in [9.17, 15) is 13.2 Å². The first kappa shape index (κ1) is 21.3. The fourth-order valence-electron chi connectivity index (χ4n) is 2.96. The fourth-order valence-corrected chi connectivity index (χ4v) is 4.37. The van der Waals surface area contributed by atoms with Crippen LogP contribution in [0.15, 0.2) is 83.8 Å². The maximum absolute atomic E-state index is 13.4. The van der Waals surface area contributed by atoms with E-state index in [-0.39, 0.29) is 11.4 Å². The summed E-state index contributed by atoms with van der Waals surface area (Å²) < 4.78 is 33.3. The van der Waals surface area contributed by atoms with Crippen LogP contribution in [-0.4, -0.2) is 28.4 Å². The SMILES string of the molecule is COc1cccc(/C=C/CN(c2cccc(C=O)c2)S(=O)(=O)c2ccc(C)cc2)c1. The molecule has 0 aliphatic rings. The maximum Gasteiger partial charge on any atom is 0.264 e. The second-order valence-electron chi connectivity index (χ2n) is 6.74. The van der Waals surface area contributed by atoms with Gasteiger partial charge in [-0.25, -0.2) is 8.42 Å². The van der Waals surface area contributed by atoms with Gasteiger partial charge in [-0.1, -0.05) is 54.1 Å². The van der Waals surface area contributed by atoms with E-state index >= 15 is 0 Å². The first-order chi connectivity index (χ1) is 14.4. The standard InChI is InChI=1S/C24H23NO4S/c1-19-11-13-24(14-12-19)30(27,28)25(22-9-3-7-21(16-22)18-26)15-5-8-20-6-4-10-23(17-20)29-2/h3-14,16-18H,15H2,1-2H3/b8-5+. The lowest BCUT2D eigenvalue weighted by Crippen LogP contribution is -2.31. The number of ether oxygens (including phenoxy) is 1. The van der Waals surface area contributed by atoms with Crippen LogP contribution in [0, 0.1) is 6.92 Å². The van der Waals surface area contributed by atoms with Crippen molar-refractivity contribution in [2.75, 3.05) is 18.0 Å². The lowest BCUT2D eigenvalue weighted by Gasteiger charge is -2.23. The number of hydrogen-bond donors (Lipinski definition) is 0. The zero-order valence-corrected chi connectivity index (χ0v) is 17.7. The van der Waals surface area contributed by atoms with Crippen LogP contribution in [0.25, 0.3) is 6.08 Å². The Labute approximate surface area is 177 Å². The molecule has 30 heavy (non-hydrogen) atoms. The highest BCUT2D eigenvalue weighted by molar-refractivity contribution is 7.92. The van der Waals surface area contributed by atoms with Gasteiger partial charge in [0, 0.05) is 5.56 Å². The molecule has 0 saturated carbocycles. The van der Waals surface area contributed by atoms with Crippen LogP contribution in [0.5, 0.6) is 5.75 Å². The average molecular weight is 422 g/mol. The monoisotopic (exact) mass is 421 g/mol. The molecule has 3 aromatic rings. The topological polar surface area (TPSA) is 63.7 Å². The molecule has 0 saturated heterocycles. The Kier molecular flexibility index (Phi) is 6.69. The molecule has 154 valence electrons. The van der Waals surface area contributed by atoms with Crippen molar-refractivity contribution in [3.63, 3.8) is 0 Å². The Bertz CT molecular complexity index is 1150. The van der Waals surface area contributed by atoms with Gasteiger partial charge in [0.2, 0.25) is 0 Å². The summed E-state index contributed by atoms with van der Waals surface area (Å²) in [5.41, 5.74) is 2.70. The predicted octanol–water partition coefficient (Wildman–Crippen LogP) is 4.72. The van der Waals surface area contributed by atoms with E-state index in [1.54, 1.807) is 61.7 Å². The van der Waals surface area contributed by atoms with Gasteiger partial charge in [0.15, 0.2) is 0 Å². The molecule has 0 N–H and O–H groups in total. The van der Waals surface area contributed by atoms with Crippen molar-refractivity contribution in [2.24, 2.45) is 0 Å². The lowest BCUT2D eigenvalue weighted by molar-refractivity contribution is 0.112. The van der Waals surface area contributed by atoms with E-state index in [0.717, 1.165) is 16.9 Å². The number of aryl methyl sites for hydroxylation is 1. The summed E-state index contributed by atoms with van der Waals surface area (Å²) in [5.74, 6) is 0.722. The first-order valence-corrected chi connectivity index (χ1v) is 10.8. The van der Waals surface area contributed by atoms with Crippen molar-refractivity contribution in [1.29, 1.82) is 0 Å². The minimum atomic E-state index is -3.82. The highest BCUT2D eigenvalue weighted by Gasteiger charge is 2.24. The average Bonchev–Trinajstić information content (AvgIpc) is 2.77. The zero-order chi connectivity index (χ0) is 21.6. The summed E-state index contributed by atoms with van der Waals surface area (Å²) >= 11 is 0. The van der Waals surface area contributed by atoms with E-state index < -0.39 is 10.0 Å². The Morgan fingerprint density at radius 3 is 2.33 bits per heavy atom. The van der Waals surface area contributed by atoms with Crippen LogP contribution in [-0.2, 0) is 10.0 Å². The number of anilines is 1. The molecular weight excluding hydrogens is 398 g/mol. The Morgan fingerprint density at radius 1 is 0.933 bits per heavy atom. The second-order valence-corrected chi connectivity index (χ2v) is 8.60. The van der Waals surface area contributed by atoms with Gasteiger partial charge in [-0.3, -0.25) is 9.10 Å². The van der Waals surface area contributed by atoms with Crippen molar-refractivity contribution in [1.82, 2.24) is 0 Å². The van der Waals surface area contributed by atoms with Crippen LogP contribution in [0.1, 0.15) is 21.5 Å². The van der Waals surface area contributed by atoms with Crippen molar-refractivity contribution in [2.45, 2.75) is 11.8 Å². The van der Waals surface area contributed by atoms with Crippen LogP contribution in [0.4, 0.5) is 5.69 Å². The zero-order valence-electron chi connectivity index (χ0n) is 16.9. The van der Waals surface area contributed by atoms with Gasteiger partial charge in [-0.15, -0.1) is 0 Å². The van der Waals surface area contributed by atoms with E-state index in [2.05, 4.69) is 0 Å². The number of methoxy groups -OCH3 is 1. The van der Waals surface area contributed by atoms with Gasteiger partial charge in [0.1, 0.15) is 12.0 Å². The van der Waals surface area contributed by atoms with Crippen molar-refractivity contribution in [3.05, 3.63) is 95.6 Å². The number of rotatable bonds is 8. The van der Waals surface area contributed by atoms with Gasteiger partial charge in [0.25, 0.3) is 10.0 Å². The smallest absolute Gasteiger partial charge is 0.264 e. The summed E-state index contributed by atoms with van der Waals surface area (Å²) in [4.78, 5) is 11.4. The lowest BCUT2D eigenvalue weighted by atomic mass is 10.2. The molecule has 0 bridgehead atoms. The number of sulfonamides is 1. The summed E-state index contributed by atoms with van der Waals surface area (Å²) in [7, 11) is -2.23. The number of benzene rings is 3. The Balaban J connectivity index is 1.97. The molecule has 0 radical (unpaired) electrons. The number of aldehydes is 1. The van der Waals surface area contributed by atoms with Crippen molar-refractivity contribution < 1.29 is 17.9 Å². The summed E-state index contributed by atoms with van der Waals surface area (Å²) in [6.07, 6.45) is 4.31. The molecule has 0 aliphatic carbocycles. The van der Waals surface area contributed by atoms with Gasteiger partial charge < -0.3 is 4.74 Å². The summed E-state index contributed by atoms with van der Waals surface area (Å²) in [6.45, 7) is 2.01. The largest absolute Gasteiger partial charge is 0.497 e. The third kappa shape index (κ3) is 4.96. The maximum atomic E-state index is 13.4. The summed E-state index contributed by atoms with van der Waals surface area (Å²) in [5, 5.41) is 0. The molecule has 0 fully saturated rings. The molecule has 0 spiro atoms. The molecule has 0 amide bonds. The highest BCUT2D eigenvalue weighted by Crippen LogP contribution is 2.25. The molecule has 3 rings (SSSR count). The molecule has 0 unspecified atom stereocenters. The van der Waals surface area contributed by atoms with E-state index in [4.69, 9.17) is 4.74 Å². The fraction of sp³-hybridized carbons (Fsp3) is 0.125. The molecule has 3 aromatic carbocycles. The highest BCUT2D eigenvalue weighted by atomic mass is 32.2. The van der Waals surface area contributed by atoms with E-state index in [1.807, 2.05) is 37.3 Å². The molecule has 0 aliphatic heterocycles. The molecule has 0 aromatic heterocycles. The molecule has 0 heterocycles. The molecule has 5 nitrogen and oxygen atoms in total. The number of carbonyl (C=O) groups is 1. The Morgan fingerprint density at radius 2 is 1.63 bits per heavy atom. The first-order valence-electron chi connectivity index (χ1n) is 9.39. The molecule has 0 atom stereocenters. The number of carbonyl (C=O) groups excluding carboxylic acids is 1. The summed E-state index contributed by atoms with van der Waals surface area (Å²) in [6, 6.07) is 20.7. The molecular formula is C24H23NO4S. The van der Waals surface area contributed by atoms with E-state index in [1.165, 1.54) is 4.31 Å². The van der Waals surface area contributed by atoms with Gasteiger partial charge in [-0.05, 0) is 48.9 Å². The third-order valence-electron chi connectivity index (χ3n) is 4.58. The molecule has 6 heteroatoms. The number of nitrogens with zero attached hydrogens (tertiary/aromatic N) is 1. The third-order valence-corrected chi connectivity index (χ3v) is 6.39. The minimum Gasteiger partial charge on any atom is -0.497 e. The van der Waals surface area contributed by atoms with E-state index in [0.29, 0.717) is 17.5 Å². The predicted molar refractivity (Wildman–Crippen MR) is 120 cm³/mol. The second kappa shape index (κ2) is 9.41. The number of hydrogen-bond acceptors (Lipinski definition) is 4. The van der Waals surface area contributed by atoms with Gasteiger partial charge in [0.05, 0.1) is 24.2 Å². The van der Waals surface area contributed by atoms with Crippen LogP contribution in [0.2, 0.25) is 0 Å². The Hall–Kier alpha value is -3.38. The quantitative estimate of drug-likeness (QED) is 0.494. The van der Waals surface area contributed by atoms with Crippen LogP contribution < -0.4 is 9.04 Å². The van der Waals surface area contributed by atoms with Crippen LogP contribution in [0.3, 0.4) is 0 Å². The van der Waals surface area contributed by atoms with Crippen LogP contribution >= 0.6 is 0 Å². The van der Waals surface area contributed by atoms with Crippen molar-refractivity contribution in [3.8, 4) is 5.75 Å². The van der Waals surface area contributed by atoms with Gasteiger partial charge in [-0.2, -0.15) is 0 Å². The van der Waals surface area contributed by atoms with Gasteiger partial charge >= 0.3 is 0 Å². The minimum absolute atomic E-state index is 0.107.